The molecule has 0 aromatic carbocycles. The number of nitrogens with one attached hydrogen (secondary N) is 1. The second kappa shape index (κ2) is 4.28. The molecule has 1 saturated heterocycles. The number of carbonyl (C=O) groups is 1. The molecule has 0 atom stereocenters. The highest BCUT2D eigenvalue weighted by Gasteiger charge is 2.32. The van der Waals surface area contributed by atoms with Crippen molar-refractivity contribution in [1.82, 2.24) is 15.1 Å². The molecule has 0 radical (unpaired) electrons. The van der Waals surface area contributed by atoms with Gasteiger partial charge in [-0.15, -0.1) is 0 Å². The molecule has 0 aromatic heterocycles. The van der Waals surface area contributed by atoms with Crippen LogP contribution in [0.1, 0.15) is 13.8 Å². The molecule has 1 fully saturated rings. The molecule has 0 aliphatic carbocycles. The Labute approximate surface area is 86.2 Å². The van der Waals surface area contributed by atoms with Crippen molar-refractivity contribution in [3.63, 3.8) is 0 Å². The van der Waals surface area contributed by atoms with Gasteiger partial charge in [0.25, 0.3) is 0 Å². The second-order valence-corrected chi connectivity index (χ2v) is 4.77. The molecule has 1 aliphatic heterocycles. The molecular weight excluding hydrogens is 178 g/mol. The van der Waals surface area contributed by atoms with Gasteiger partial charge in [-0.25, -0.2) is 0 Å². The third-order valence-corrected chi connectivity index (χ3v) is 2.55. The van der Waals surface area contributed by atoms with E-state index in [1.807, 2.05) is 23.9 Å². The predicted molar refractivity (Wildman–Crippen MR) is 57.2 cm³/mol. The van der Waals surface area contributed by atoms with Gasteiger partial charge in [0.05, 0.1) is 6.54 Å². The highest BCUT2D eigenvalue weighted by atomic mass is 16.2. The van der Waals surface area contributed by atoms with Crippen molar-refractivity contribution in [2.75, 3.05) is 40.3 Å². The van der Waals surface area contributed by atoms with E-state index in [2.05, 4.69) is 19.2 Å². The Morgan fingerprint density at radius 3 is 2.64 bits per heavy atom. The summed E-state index contributed by atoms with van der Waals surface area (Å²) in [6.07, 6.45) is 0. The first-order chi connectivity index (χ1) is 6.43. The number of hydrogen-bond donors (Lipinski definition) is 1. The van der Waals surface area contributed by atoms with Crippen LogP contribution in [-0.4, -0.2) is 61.5 Å². The molecule has 1 heterocycles. The number of nitrogens with zero attached hydrogens (tertiary/aromatic N) is 2. The molecule has 0 unspecified atom stereocenters. The maximum Gasteiger partial charge on any atom is 0.237 e. The van der Waals surface area contributed by atoms with Crippen LogP contribution >= 0.6 is 0 Å². The standard InChI is InChI=1S/C10H21N3O/c1-10(2)8-11-5-6-13(10)9(14)7-12(3)4/h11H,5-8H2,1-4H3. The summed E-state index contributed by atoms with van der Waals surface area (Å²) in [5, 5.41) is 3.31. The Kier molecular flexibility index (Phi) is 3.50. The molecule has 0 aromatic rings. The summed E-state index contributed by atoms with van der Waals surface area (Å²) >= 11 is 0. The zero-order valence-electron chi connectivity index (χ0n) is 9.63. The lowest BCUT2D eigenvalue weighted by Crippen LogP contribution is -2.61. The Balaban J connectivity index is 2.60. The van der Waals surface area contributed by atoms with Crippen LogP contribution in [0.2, 0.25) is 0 Å². The maximum absolute atomic E-state index is 11.9. The molecule has 1 N–H and O–H groups in total. The topological polar surface area (TPSA) is 35.6 Å². The van der Waals surface area contributed by atoms with E-state index < -0.39 is 0 Å². The van der Waals surface area contributed by atoms with Gasteiger partial charge < -0.3 is 15.1 Å². The van der Waals surface area contributed by atoms with E-state index in [9.17, 15) is 4.79 Å². The molecule has 0 spiro atoms. The number of rotatable bonds is 2. The van der Waals surface area contributed by atoms with Gasteiger partial charge in [-0.1, -0.05) is 0 Å². The highest BCUT2D eigenvalue weighted by Crippen LogP contribution is 2.16. The van der Waals surface area contributed by atoms with E-state index in [1.165, 1.54) is 0 Å². The van der Waals surface area contributed by atoms with Crippen molar-refractivity contribution in [2.45, 2.75) is 19.4 Å². The van der Waals surface area contributed by atoms with Crippen LogP contribution in [0.15, 0.2) is 0 Å². The van der Waals surface area contributed by atoms with Gasteiger partial charge in [-0.2, -0.15) is 0 Å². The monoisotopic (exact) mass is 199 g/mol. The fraction of sp³-hybridized carbons (Fsp3) is 0.900. The normalized spacial score (nSPS) is 21.4. The van der Waals surface area contributed by atoms with Crippen LogP contribution in [0, 0.1) is 0 Å². The molecule has 1 amide bonds. The summed E-state index contributed by atoms with van der Waals surface area (Å²) in [5.74, 6) is 0.224. The lowest BCUT2D eigenvalue weighted by atomic mass is 10.00. The summed E-state index contributed by atoms with van der Waals surface area (Å²) in [5.41, 5.74) is -0.0503. The van der Waals surface area contributed by atoms with Crippen LogP contribution in [0.4, 0.5) is 0 Å². The molecule has 14 heavy (non-hydrogen) atoms. The minimum atomic E-state index is -0.0503. The van der Waals surface area contributed by atoms with Gasteiger partial charge in [-0.05, 0) is 27.9 Å². The van der Waals surface area contributed by atoms with Gasteiger partial charge in [0, 0.05) is 25.2 Å². The molecule has 1 rings (SSSR count). The Bertz CT molecular complexity index is 213. The number of hydrogen-bond acceptors (Lipinski definition) is 3. The quantitative estimate of drug-likeness (QED) is 0.666. The SMILES string of the molecule is CN(C)CC(=O)N1CCNCC1(C)C. The minimum Gasteiger partial charge on any atom is -0.334 e. The average Bonchev–Trinajstić information content (AvgIpc) is 2.01. The summed E-state index contributed by atoms with van der Waals surface area (Å²) < 4.78 is 0. The highest BCUT2D eigenvalue weighted by molar-refractivity contribution is 5.79. The molecule has 82 valence electrons. The summed E-state index contributed by atoms with van der Waals surface area (Å²) in [7, 11) is 3.85. The van der Waals surface area contributed by atoms with Crippen LogP contribution in [0.3, 0.4) is 0 Å². The number of likely N-dealkylation sites (N-methyl/N-ethyl adjacent to an activating group) is 1. The summed E-state index contributed by atoms with van der Waals surface area (Å²) in [6.45, 7) is 7.32. The van der Waals surface area contributed by atoms with Gasteiger partial charge in [0.1, 0.15) is 0 Å². The van der Waals surface area contributed by atoms with E-state index in [-0.39, 0.29) is 11.4 Å². The Morgan fingerprint density at radius 2 is 2.14 bits per heavy atom. The zero-order valence-corrected chi connectivity index (χ0v) is 9.63. The van der Waals surface area contributed by atoms with Crippen molar-refractivity contribution in [3.05, 3.63) is 0 Å². The van der Waals surface area contributed by atoms with Gasteiger partial charge in [0.2, 0.25) is 5.91 Å². The molecule has 4 nitrogen and oxygen atoms in total. The zero-order chi connectivity index (χ0) is 10.8. The van der Waals surface area contributed by atoms with Gasteiger partial charge in [-0.3, -0.25) is 4.79 Å². The van der Waals surface area contributed by atoms with Crippen LogP contribution < -0.4 is 5.32 Å². The maximum atomic E-state index is 11.9. The molecule has 4 heteroatoms. The van der Waals surface area contributed by atoms with E-state index in [4.69, 9.17) is 0 Å². The number of amides is 1. The van der Waals surface area contributed by atoms with E-state index in [1.54, 1.807) is 0 Å². The smallest absolute Gasteiger partial charge is 0.237 e. The molecule has 1 aliphatic rings. The fourth-order valence-electron chi connectivity index (χ4n) is 1.80. The van der Waals surface area contributed by atoms with Gasteiger partial charge in [0.15, 0.2) is 0 Å². The van der Waals surface area contributed by atoms with E-state index in [0.29, 0.717) is 6.54 Å². The van der Waals surface area contributed by atoms with E-state index >= 15 is 0 Å². The van der Waals surface area contributed by atoms with Crippen LogP contribution in [0.25, 0.3) is 0 Å². The predicted octanol–water partition coefficient (Wildman–Crippen LogP) is -0.242. The fourth-order valence-corrected chi connectivity index (χ4v) is 1.80. The van der Waals surface area contributed by atoms with Crippen molar-refractivity contribution in [3.8, 4) is 0 Å². The summed E-state index contributed by atoms with van der Waals surface area (Å²) in [4.78, 5) is 15.8. The van der Waals surface area contributed by atoms with Crippen molar-refractivity contribution in [2.24, 2.45) is 0 Å². The number of carbonyl (C=O) groups excluding carboxylic acids is 1. The first kappa shape index (κ1) is 11.5. The molecule has 0 bridgehead atoms. The lowest BCUT2D eigenvalue weighted by molar-refractivity contribution is -0.138. The van der Waals surface area contributed by atoms with Gasteiger partial charge >= 0.3 is 0 Å². The summed E-state index contributed by atoms with van der Waals surface area (Å²) in [6, 6.07) is 0. The second-order valence-electron chi connectivity index (χ2n) is 4.77. The lowest BCUT2D eigenvalue weighted by Gasteiger charge is -2.43. The van der Waals surface area contributed by atoms with Crippen molar-refractivity contribution >= 4 is 5.91 Å². The van der Waals surface area contributed by atoms with Crippen molar-refractivity contribution in [1.29, 1.82) is 0 Å². The van der Waals surface area contributed by atoms with Crippen molar-refractivity contribution < 1.29 is 4.79 Å². The Hall–Kier alpha value is -0.610. The average molecular weight is 199 g/mol. The van der Waals surface area contributed by atoms with E-state index in [0.717, 1.165) is 19.6 Å². The third-order valence-electron chi connectivity index (χ3n) is 2.55. The molecule has 0 saturated carbocycles. The Morgan fingerprint density at radius 1 is 1.50 bits per heavy atom. The number of piperazine rings is 1. The first-order valence-electron chi connectivity index (χ1n) is 5.09. The third kappa shape index (κ3) is 2.69. The first-order valence-corrected chi connectivity index (χ1v) is 5.09. The largest absolute Gasteiger partial charge is 0.334 e. The van der Waals surface area contributed by atoms with Crippen LogP contribution in [0.5, 0.6) is 0 Å². The minimum absolute atomic E-state index is 0.0503. The van der Waals surface area contributed by atoms with Crippen LogP contribution in [-0.2, 0) is 4.79 Å². The molecular formula is C10H21N3O.